The first kappa shape index (κ1) is 27.8. The Hall–Kier alpha value is -6.06. The first-order valence-corrected chi connectivity index (χ1v) is 15.2. The predicted molar refractivity (Wildman–Crippen MR) is 192 cm³/mol. The number of hydrogen-bond donors (Lipinski definition) is 3. The van der Waals surface area contributed by atoms with Crippen LogP contribution in [0.2, 0.25) is 0 Å². The number of rotatable bonds is 9. The summed E-state index contributed by atoms with van der Waals surface area (Å²) in [7, 11) is 0. The van der Waals surface area contributed by atoms with Crippen molar-refractivity contribution >= 4 is 34.1 Å². The maximum atomic E-state index is 3.74. The third kappa shape index (κ3) is 6.48. The van der Waals surface area contributed by atoms with Crippen molar-refractivity contribution in [3.8, 4) is 33.4 Å². The van der Waals surface area contributed by atoms with Gasteiger partial charge in [-0.3, -0.25) is 0 Å². The molecule has 0 heterocycles. The first-order valence-electron chi connectivity index (χ1n) is 15.2. The average Bonchev–Trinajstić information content (AvgIpc) is 3.10. The zero-order valence-corrected chi connectivity index (χ0v) is 24.8. The molecule has 0 bridgehead atoms. The van der Waals surface area contributed by atoms with Crippen LogP contribution in [0.5, 0.6) is 0 Å². The monoisotopic (exact) mass is 579 g/mol. The van der Waals surface area contributed by atoms with Crippen LogP contribution >= 0.6 is 0 Å². The van der Waals surface area contributed by atoms with Crippen LogP contribution in [0.15, 0.2) is 182 Å². The molecule has 7 aromatic carbocycles. The summed E-state index contributed by atoms with van der Waals surface area (Å²) < 4.78 is 0. The molecule has 3 nitrogen and oxygen atoms in total. The number of nitrogens with one attached hydrogen (secondary N) is 3. The topological polar surface area (TPSA) is 36.1 Å². The van der Waals surface area contributed by atoms with Crippen LogP contribution in [0.4, 0.5) is 34.1 Å². The summed E-state index contributed by atoms with van der Waals surface area (Å²) in [5.74, 6) is 0. The fourth-order valence-corrected chi connectivity index (χ4v) is 5.70. The van der Waals surface area contributed by atoms with E-state index in [0.717, 1.165) is 50.8 Å². The molecule has 0 aliphatic heterocycles. The molecule has 0 saturated carbocycles. The van der Waals surface area contributed by atoms with Crippen LogP contribution in [0.3, 0.4) is 0 Å². The summed E-state index contributed by atoms with van der Waals surface area (Å²) in [5.41, 5.74) is 13.0. The summed E-state index contributed by atoms with van der Waals surface area (Å²) in [6.07, 6.45) is 0. The van der Waals surface area contributed by atoms with E-state index in [1.165, 1.54) is 16.7 Å². The van der Waals surface area contributed by atoms with E-state index in [9.17, 15) is 0 Å². The maximum Gasteiger partial charge on any atom is 0.0463 e. The van der Waals surface area contributed by atoms with Gasteiger partial charge >= 0.3 is 0 Å². The third-order valence-corrected chi connectivity index (χ3v) is 7.81. The standard InChI is InChI=1S/C42H33N3/c1-4-16-31(17-5-1)37-22-10-13-25-40(37)43-34-28-35(44-41-26-14-11-23-38(41)32-18-6-2-7-19-32)30-36(29-34)45-42-27-15-12-24-39(42)33-20-8-3-9-21-33/h1-30,43-45H. The van der Waals surface area contributed by atoms with Crippen molar-refractivity contribution < 1.29 is 0 Å². The van der Waals surface area contributed by atoms with Gasteiger partial charge < -0.3 is 16.0 Å². The van der Waals surface area contributed by atoms with Crippen LogP contribution in [-0.2, 0) is 0 Å². The Labute approximate surface area is 264 Å². The van der Waals surface area contributed by atoms with E-state index in [0.29, 0.717) is 0 Å². The first-order chi connectivity index (χ1) is 22.3. The molecule has 0 fully saturated rings. The Bertz CT molecular complexity index is 1770. The highest BCUT2D eigenvalue weighted by atomic mass is 14.9. The van der Waals surface area contributed by atoms with E-state index in [4.69, 9.17) is 0 Å². The molecule has 0 aromatic heterocycles. The second-order valence-corrected chi connectivity index (χ2v) is 10.9. The lowest BCUT2D eigenvalue weighted by atomic mass is 10.0. The summed E-state index contributed by atoms with van der Waals surface area (Å²) in [6.45, 7) is 0. The summed E-state index contributed by atoms with van der Waals surface area (Å²) >= 11 is 0. The van der Waals surface area contributed by atoms with Crippen molar-refractivity contribution in [2.45, 2.75) is 0 Å². The Morgan fingerprint density at radius 2 is 0.489 bits per heavy atom. The highest BCUT2D eigenvalue weighted by Gasteiger charge is 2.11. The fraction of sp³-hybridized carbons (Fsp3) is 0. The van der Waals surface area contributed by atoms with Gasteiger partial charge in [-0.05, 0) is 53.1 Å². The average molecular weight is 580 g/mol. The van der Waals surface area contributed by atoms with Gasteiger partial charge in [0, 0.05) is 50.8 Å². The van der Waals surface area contributed by atoms with Gasteiger partial charge in [-0.2, -0.15) is 0 Å². The van der Waals surface area contributed by atoms with Crippen molar-refractivity contribution in [1.82, 2.24) is 0 Å². The van der Waals surface area contributed by atoms with Crippen LogP contribution < -0.4 is 16.0 Å². The maximum absolute atomic E-state index is 3.74. The van der Waals surface area contributed by atoms with E-state index < -0.39 is 0 Å². The fourth-order valence-electron chi connectivity index (χ4n) is 5.70. The summed E-state index contributed by atoms with van der Waals surface area (Å²) in [4.78, 5) is 0. The van der Waals surface area contributed by atoms with Gasteiger partial charge in [0.05, 0.1) is 0 Å². The minimum Gasteiger partial charge on any atom is -0.355 e. The molecule has 3 N–H and O–H groups in total. The van der Waals surface area contributed by atoms with Crippen LogP contribution in [0.25, 0.3) is 33.4 Å². The number of hydrogen-bond acceptors (Lipinski definition) is 3. The van der Waals surface area contributed by atoms with Gasteiger partial charge in [-0.15, -0.1) is 0 Å². The normalized spacial score (nSPS) is 10.7. The molecule has 0 spiro atoms. The molecule has 0 unspecified atom stereocenters. The van der Waals surface area contributed by atoms with Crippen molar-refractivity contribution in [1.29, 1.82) is 0 Å². The zero-order valence-electron chi connectivity index (χ0n) is 24.8. The van der Waals surface area contributed by atoms with Crippen molar-refractivity contribution in [2.75, 3.05) is 16.0 Å². The Morgan fingerprint density at radius 3 is 0.778 bits per heavy atom. The predicted octanol–water partition coefficient (Wildman–Crippen LogP) is 11.9. The SMILES string of the molecule is c1ccc(-c2ccccc2Nc2cc(Nc3ccccc3-c3ccccc3)cc(Nc3ccccc3-c3ccccc3)c2)cc1. The number of anilines is 6. The van der Waals surface area contributed by atoms with Crippen LogP contribution in [-0.4, -0.2) is 0 Å². The summed E-state index contributed by atoms with van der Waals surface area (Å²) in [5, 5.41) is 11.2. The molecule has 3 heteroatoms. The number of para-hydroxylation sites is 3. The van der Waals surface area contributed by atoms with E-state index in [1.807, 2.05) is 18.2 Å². The van der Waals surface area contributed by atoms with Crippen molar-refractivity contribution in [3.05, 3.63) is 182 Å². The molecular weight excluding hydrogens is 546 g/mol. The lowest BCUT2D eigenvalue weighted by Crippen LogP contribution is -2.00. The van der Waals surface area contributed by atoms with E-state index in [-0.39, 0.29) is 0 Å². The lowest BCUT2D eigenvalue weighted by Gasteiger charge is -2.19. The second-order valence-electron chi connectivity index (χ2n) is 10.9. The Balaban J connectivity index is 1.29. The van der Waals surface area contributed by atoms with Gasteiger partial charge in [0.15, 0.2) is 0 Å². The van der Waals surface area contributed by atoms with Crippen molar-refractivity contribution in [3.63, 3.8) is 0 Å². The Kier molecular flexibility index (Phi) is 8.06. The van der Waals surface area contributed by atoms with E-state index in [2.05, 4.69) is 180 Å². The molecule has 0 aliphatic rings. The second kappa shape index (κ2) is 13.1. The lowest BCUT2D eigenvalue weighted by molar-refractivity contribution is 1.48. The van der Waals surface area contributed by atoms with E-state index >= 15 is 0 Å². The molecule has 7 aromatic rings. The smallest absolute Gasteiger partial charge is 0.0463 e. The van der Waals surface area contributed by atoms with Crippen LogP contribution in [0.1, 0.15) is 0 Å². The van der Waals surface area contributed by atoms with E-state index in [1.54, 1.807) is 0 Å². The molecule has 0 aliphatic carbocycles. The zero-order chi connectivity index (χ0) is 30.3. The largest absolute Gasteiger partial charge is 0.355 e. The molecule has 0 atom stereocenters. The van der Waals surface area contributed by atoms with Gasteiger partial charge in [0.1, 0.15) is 0 Å². The summed E-state index contributed by atoms with van der Waals surface area (Å²) in [6, 6.07) is 63.3. The van der Waals surface area contributed by atoms with Gasteiger partial charge in [0.25, 0.3) is 0 Å². The van der Waals surface area contributed by atoms with Gasteiger partial charge in [-0.25, -0.2) is 0 Å². The molecule has 7 rings (SSSR count). The van der Waals surface area contributed by atoms with Gasteiger partial charge in [0.2, 0.25) is 0 Å². The quantitative estimate of drug-likeness (QED) is 0.159. The minimum absolute atomic E-state index is 0.972. The van der Waals surface area contributed by atoms with Crippen LogP contribution in [0, 0.1) is 0 Å². The highest BCUT2D eigenvalue weighted by molar-refractivity contribution is 5.87. The highest BCUT2D eigenvalue weighted by Crippen LogP contribution is 2.37. The van der Waals surface area contributed by atoms with Gasteiger partial charge in [-0.1, -0.05) is 146 Å². The molecule has 45 heavy (non-hydrogen) atoms. The minimum atomic E-state index is 0.972. The number of benzene rings is 7. The molecule has 0 amide bonds. The Morgan fingerprint density at radius 1 is 0.244 bits per heavy atom. The third-order valence-electron chi connectivity index (χ3n) is 7.81. The molecular formula is C42H33N3. The molecule has 0 saturated heterocycles. The molecule has 216 valence electrons. The van der Waals surface area contributed by atoms with Crippen molar-refractivity contribution in [2.24, 2.45) is 0 Å². The molecule has 0 radical (unpaired) electrons.